The lowest BCUT2D eigenvalue weighted by atomic mass is 9.92. The summed E-state index contributed by atoms with van der Waals surface area (Å²) >= 11 is 0. The van der Waals surface area contributed by atoms with E-state index in [2.05, 4.69) is 5.32 Å². The van der Waals surface area contributed by atoms with Gasteiger partial charge in [0.25, 0.3) is 0 Å². The first-order valence-corrected chi connectivity index (χ1v) is 14.0. The molecule has 2 amide bonds. The molecule has 3 aromatic carbocycles. The molecule has 0 saturated carbocycles. The largest absolute Gasteiger partial charge is 0.508 e. The van der Waals surface area contributed by atoms with Crippen molar-refractivity contribution in [2.75, 3.05) is 6.61 Å². The Morgan fingerprint density at radius 3 is 1.83 bits per heavy atom. The van der Waals surface area contributed by atoms with E-state index in [1.54, 1.807) is 25.7 Å². The fourth-order valence-corrected chi connectivity index (χ4v) is 5.05. The summed E-state index contributed by atoms with van der Waals surface area (Å²) in [6.07, 6.45) is -2.04. The predicted molar refractivity (Wildman–Crippen MR) is 156 cm³/mol. The average Bonchev–Trinajstić information content (AvgIpc) is 3.24. The molecule has 0 unspecified atom stereocenters. The zero-order valence-corrected chi connectivity index (χ0v) is 24.4. The highest BCUT2D eigenvalue weighted by Crippen LogP contribution is 2.41. The Kier molecular flexibility index (Phi) is 10.1. The molecule has 42 heavy (non-hydrogen) atoms. The molecule has 1 heterocycles. The van der Waals surface area contributed by atoms with Gasteiger partial charge in [-0.05, 0) is 44.4 Å². The zero-order chi connectivity index (χ0) is 30.1. The molecule has 1 aliphatic heterocycles. The highest BCUT2D eigenvalue weighted by Gasteiger charge is 2.52. The van der Waals surface area contributed by atoms with E-state index >= 15 is 0 Å². The molecule has 0 aromatic heterocycles. The van der Waals surface area contributed by atoms with Crippen LogP contribution in [0, 0.1) is 5.92 Å². The van der Waals surface area contributed by atoms with E-state index in [0.717, 1.165) is 16.7 Å². The number of hydrogen-bond acceptors (Lipinski definition) is 7. The van der Waals surface area contributed by atoms with Gasteiger partial charge < -0.3 is 24.3 Å². The Bertz CT molecular complexity index is 1310. The number of hydrogen-bond donors (Lipinski definition) is 1. The van der Waals surface area contributed by atoms with Crippen molar-refractivity contribution >= 4 is 18.3 Å². The molecule has 0 radical (unpaired) electrons. The minimum atomic E-state index is -0.844. The van der Waals surface area contributed by atoms with Gasteiger partial charge in [-0.25, -0.2) is 14.4 Å². The van der Waals surface area contributed by atoms with Gasteiger partial charge in [0, 0.05) is 12.0 Å². The average molecular weight is 575 g/mol. The van der Waals surface area contributed by atoms with Gasteiger partial charge in [-0.1, -0.05) is 91.0 Å². The smallest absolute Gasteiger partial charge is 0.445 e. The van der Waals surface area contributed by atoms with Gasteiger partial charge in [0.05, 0.1) is 12.1 Å². The van der Waals surface area contributed by atoms with Crippen molar-refractivity contribution < 1.29 is 33.3 Å². The van der Waals surface area contributed by atoms with E-state index in [9.17, 15) is 14.4 Å². The molecule has 1 saturated heterocycles. The fraction of sp³-hybridized carbons (Fsp3) is 0.364. The van der Waals surface area contributed by atoms with E-state index in [1.807, 2.05) is 97.9 Å². The van der Waals surface area contributed by atoms with Crippen LogP contribution in [-0.4, -0.2) is 47.5 Å². The first-order chi connectivity index (χ1) is 20.1. The molecule has 1 fully saturated rings. The summed E-state index contributed by atoms with van der Waals surface area (Å²) in [7, 11) is 0. The molecule has 3 aromatic rings. The monoisotopic (exact) mass is 574 g/mol. The molecular formula is C33H38N2O7. The van der Waals surface area contributed by atoms with Crippen molar-refractivity contribution in [1.29, 1.82) is 0 Å². The van der Waals surface area contributed by atoms with E-state index in [4.69, 9.17) is 18.9 Å². The second-order valence-electron chi connectivity index (χ2n) is 11.2. The number of rotatable bonds is 8. The van der Waals surface area contributed by atoms with Gasteiger partial charge in [-0.2, -0.15) is 0 Å². The maximum absolute atomic E-state index is 13.6. The number of benzene rings is 3. The van der Waals surface area contributed by atoms with E-state index < -0.39 is 48.0 Å². The van der Waals surface area contributed by atoms with Crippen LogP contribution in [0.1, 0.15) is 50.4 Å². The van der Waals surface area contributed by atoms with Crippen LogP contribution in [0.25, 0.3) is 0 Å². The van der Waals surface area contributed by atoms with E-state index in [0.29, 0.717) is 0 Å². The lowest BCUT2D eigenvalue weighted by Gasteiger charge is -2.30. The van der Waals surface area contributed by atoms with Gasteiger partial charge in [-0.3, -0.25) is 4.90 Å². The number of nitrogens with zero attached hydrogens (tertiary/aromatic N) is 1. The first-order valence-electron chi connectivity index (χ1n) is 14.0. The molecule has 0 bridgehead atoms. The summed E-state index contributed by atoms with van der Waals surface area (Å²) in [6, 6.07) is 26.3. The molecule has 0 spiro atoms. The molecule has 1 N–H and O–H groups in total. The highest BCUT2D eigenvalue weighted by molar-refractivity contribution is 5.72. The lowest BCUT2D eigenvalue weighted by molar-refractivity contribution is 0.0304. The SMILES string of the molecule is C[C@@H]1[C@@H](COC(=O)OCc2ccccc2)[C@H](NC(=O)OC(C)(C)C)[C@H](c2ccccc2)N1C(=O)OCc1ccccc1. The van der Waals surface area contributed by atoms with E-state index in [1.165, 1.54) is 0 Å². The van der Waals surface area contributed by atoms with Crippen molar-refractivity contribution in [3.63, 3.8) is 0 Å². The molecule has 9 heteroatoms. The van der Waals surface area contributed by atoms with Crippen LogP contribution in [0.3, 0.4) is 0 Å². The van der Waals surface area contributed by atoms with Crippen LogP contribution in [0.15, 0.2) is 91.0 Å². The summed E-state index contributed by atoms with van der Waals surface area (Å²) in [5.41, 5.74) is 1.72. The zero-order valence-electron chi connectivity index (χ0n) is 24.4. The number of ether oxygens (including phenoxy) is 4. The Morgan fingerprint density at radius 1 is 0.762 bits per heavy atom. The first kappa shape index (κ1) is 30.4. The van der Waals surface area contributed by atoms with Crippen LogP contribution >= 0.6 is 0 Å². The van der Waals surface area contributed by atoms with Crippen molar-refractivity contribution in [3.8, 4) is 0 Å². The quantitative estimate of drug-likeness (QED) is 0.238. The predicted octanol–water partition coefficient (Wildman–Crippen LogP) is 6.63. The number of carbonyl (C=O) groups is 3. The van der Waals surface area contributed by atoms with E-state index in [-0.39, 0.29) is 19.8 Å². The third-order valence-corrected chi connectivity index (χ3v) is 6.99. The van der Waals surface area contributed by atoms with Crippen molar-refractivity contribution in [2.24, 2.45) is 5.92 Å². The molecule has 4 atom stereocenters. The van der Waals surface area contributed by atoms with Crippen LogP contribution < -0.4 is 5.32 Å². The number of likely N-dealkylation sites (tertiary alicyclic amines) is 1. The number of amides is 2. The van der Waals surface area contributed by atoms with Gasteiger partial charge in [-0.15, -0.1) is 0 Å². The van der Waals surface area contributed by atoms with Gasteiger partial charge in [0.1, 0.15) is 25.4 Å². The standard InChI is InChI=1S/C33H38N2O7/c1-23-27(22-41-32(38)40-21-25-16-10-6-11-17-25)28(34-30(36)42-33(2,3)4)29(26-18-12-7-13-19-26)35(23)31(37)39-20-24-14-8-5-9-15-24/h5-19,23,27-29H,20-22H2,1-4H3,(H,34,36)/t23-,27-,28+,29+/m1/s1. The van der Waals surface area contributed by atoms with Gasteiger partial charge >= 0.3 is 18.3 Å². The van der Waals surface area contributed by atoms with Gasteiger partial charge in [0.2, 0.25) is 0 Å². The summed E-state index contributed by atoms with van der Waals surface area (Å²) in [5.74, 6) is -0.503. The minimum Gasteiger partial charge on any atom is -0.445 e. The molecule has 222 valence electrons. The second-order valence-corrected chi connectivity index (χ2v) is 11.2. The summed E-state index contributed by atoms with van der Waals surface area (Å²) in [5, 5.41) is 2.96. The maximum Gasteiger partial charge on any atom is 0.508 e. The topological polar surface area (TPSA) is 103 Å². The molecule has 1 aliphatic rings. The third kappa shape index (κ3) is 8.25. The highest BCUT2D eigenvalue weighted by atomic mass is 16.7. The lowest BCUT2D eigenvalue weighted by Crippen LogP contribution is -2.46. The Balaban J connectivity index is 1.57. The maximum atomic E-state index is 13.6. The number of alkyl carbamates (subject to hydrolysis) is 1. The molecular weight excluding hydrogens is 536 g/mol. The van der Waals surface area contributed by atoms with Crippen LogP contribution in [0.5, 0.6) is 0 Å². The Hall–Kier alpha value is -4.53. The summed E-state index contributed by atoms with van der Waals surface area (Å²) in [4.78, 5) is 40.8. The summed E-state index contributed by atoms with van der Waals surface area (Å²) < 4.78 is 22.1. The van der Waals surface area contributed by atoms with Crippen molar-refractivity contribution in [1.82, 2.24) is 10.2 Å². The van der Waals surface area contributed by atoms with Gasteiger partial charge in [0.15, 0.2) is 0 Å². The number of carbonyl (C=O) groups excluding carboxylic acids is 3. The fourth-order valence-electron chi connectivity index (χ4n) is 5.05. The Morgan fingerprint density at radius 2 is 1.29 bits per heavy atom. The third-order valence-electron chi connectivity index (χ3n) is 6.99. The molecule has 0 aliphatic carbocycles. The van der Waals surface area contributed by atoms with Crippen LogP contribution in [0.2, 0.25) is 0 Å². The second kappa shape index (κ2) is 13.9. The number of nitrogens with one attached hydrogen (secondary N) is 1. The Labute approximate surface area is 246 Å². The van der Waals surface area contributed by atoms with Crippen LogP contribution in [-0.2, 0) is 32.2 Å². The minimum absolute atomic E-state index is 0.0596. The molecule has 4 rings (SSSR count). The summed E-state index contributed by atoms with van der Waals surface area (Å²) in [6.45, 7) is 7.20. The molecule has 9 nitrogen and oxygen atoms in total. The van der Waals surface area contributed by atoms with Crippen molar-refractivity contribution in [3.05, 3.63) is 108 Å². The normalized spacial score (nSPS) is 20.0. The van der Waals surface area contributed by atoms with Crippen LogP contribution in [0.4, 0.5) is 14.4 Å². The van der Waals surface area contributed by atoms with Crippen molar-refractivity contribution in [2.45, 2.75) is 64.6 Å².